The van der Waals surface area contributed by atoms with Crippen LogP contribution in [-0.4, -0.2) is 42.4 Å². The smallest absolute Gasteiger partial charge is 0.323 e. The average Bonchev–Trinajstić information content (AvgIpc) is 2.37. The van der Waals surface area contributed by atoms with Crippen LogP contribution < -0.4 is 10.2 Å². The van der Waals surface area contributed by atoms with E-state index in [9.17, 15) is 14.2 Å². The summed E-state index contributed by atoms with van der Waals surface area (Å²) in [5.74, 6) is -0.977. The monoisotopic (exact) mass is 336 g/mol. The topological polar surface area (TPSA) is 93.7 Å². The van der Waals surface area contributed by atoms with Gasteiger partial charge >= 0.3 is 11.9 Å². The zero-order valence-electron chi connectivity index (χ0n) is 14.6. The Balaban J connectivity index is 5.15. The van der Waals surface area contributed by atoms with Gasteiger partial charge in [0.15, 0.2) is 0 Å². The Morgan fingerprint density at radius 1 is 0.955 bits per heavy atom. The summed E-state index contributed by atoms with van der Waals surface area (Å²) in [5.41, 5.74) is 0. The van der Waals surface area contributed by atoms with Crippen LogP contribution in [0.2, 0.25) is 0 Å². The minimum absolute atomic E-state index is 0.247. The summed E-state index contributed by atoms with van der Waals surface area (Å²) in [7, 11) is -3.27. The standard InChI is InChI=1S/C14H29N2O5P/c1-8-20-12(17)10(3)15-22(19,14(5,6)7)16-11(4)13(18)21-9-2/h10-11H,8-9H2,1-7H3,(H2,15,16,19)/t10-,11-/m1/s1. The minimum Gasteiger partial charge on any atom is -0.465 e. The van der Waals surface area contributed by atoms with Gasteiger partial charge in [-0.15, -0.1) is 0 Å². The van der Waals surface area contributed by atoms with Gasteiger partial charge in [0.25, 0.3) is 0 Å². The van der Waals surface area contributed by atoms with Gasteiger partial charge in [-0.1, -0.05) is 20.8 Å². The third-order valence-corrected chi connectivity index (χ3v) is 6.37. The second kappa shape index (κ2) is 8.65. The molecular weight excluding hydrogens is 307 g/mol. The van der Waals surface area contributed by atoms with Crippen molar-refractivity contribution in [3.63, 3.8) is 0 Å². The lowest BCUT2D eigenvalue weighted by atomic mass is 10.3. The molecule has 0 aromatic rings. The molecule has 0 aliphatic heterocycles. The lowest BCUT2D eigenvalue weighted by Crippen LogP contribution is -2.46. The van der Waals surface area contributed by atoms with Gasteiger partial charge in [-0.2, -0.15) is 0 Å². The lowest BCUT2D eigenvalue weighted by molar-refractivity contribution is -0.145. The Morgan fingerprint density at radius 2 is 1.27 bits per heavy atom. The number of carbonyl (C=O) groups excluding carboxylic acids is 2. The van der Waals surface area contributed by atoms with Crippen molar-refractivity contribution in [2.45, 2.75) is 65.7 Å². The number of hydrogen-bond acceptors (Lipinski definition) is 5. The maximum atomic E-state index is 13.2. The number of nitrogens with one attached hydrogen (secondary N) is 2. The first-order chi connectivity index (χ1) is 9.98. The quantitative estimate of drug-likeness (QED) is 0.517. The Morgan fingerprint density at radius 3 is 1.50 bits per heavy atom. The summed E-state index contributed by atoms with van der Waals surface area (Å²) in [6.07, 6.45) is 0. The first kappa shape index (κ1) is 21.1. The summed E-state index contributed by atoms with van der Waals surface area (Å²) in [6.45, 7) is 12.4. The Kier molecular flexibility index (Phi) is 8.29. The first-order valence-corrected chi connectivity index (χ1v) is 9.18. The van der Waals surface area contributed by atoms with Crippen molar-refractivity contribution in [3.8, 4) is 0 Å². The highest BCUT2D eigenvalue weighted by Gasteiger charge is 2.41. The van der Waals surface area contributed by atoms with Gasteiger partial charge < -0.3 is 9.47 Å². The van der Waals surface area contributed by atoms with Gasteiger partial charge in [0.2, 0.25) is 7.44 Å². The molecule has 0 aromatic carbocycles. The maximum Gasteiger partial charge on any atom is 0.323 e. The molecule has 0 unspecified atom stereocenters. The van der Waals surface area contributed by atoms with Gasteiger partial charge in [-0.25, -0.2) is 10.2 Å². The summed E-state index contributed by atoms with van der Waals surface area (Å²) in [4.78, 5) is 23.5. The Labute approximate surface area is 133 Å². The van der Waals surface area contributed by atoms with Crippen molar-refractivity contribution in [2.24, 2.45) is 0 Å². The molecule has 7 nitrogen and oxygen atoms in total. The van der Waals surface area contributed by atoms with Gasteiger partial charge in [0, 0.05) is 5.16 Å². The molecule has 0 rings (SSSR count). The molecule has 0 heterocycles. The average molecular weight is 336 g/mol. The molecule has 0 radical (unpaired) electrons. The highest BCUT2D eigenvalue weighted by atomic mass is 31.2. The fourth-order valence-electron chi connectivity index (χ4n) is 1.61. The number of ether oxygens (including phenoxy) is 2. The van der Waals surface area contributed by atoms with Crippen LogP contribution in [0.1, 0.15) is 48.5 Å². The molecular formula is C14H29N2O5P. The van der Waals surface area contributed by atoms with Crippen LogP contribution in [0.4, 0.5) is 0 Å². The summed E-state index contributed by atoms with van der Waals surface area (Å²) >= 11 is 0. The zero-order valence-corrected chi connectivity index (χ0v) is 15.5. The summed E-state index contributed by atoms with van der Waals surface area (Å²) in [5, 5.41) is 4.92. The highest BCUT2D eigenvalue weighted by Crippen LogP contribution is 2.51. The molecule has 8 heteroatoms. The van der Waals surface area contributed by atoms with E-state index in [0.717, 1.165) is 0 Å². The molecule has 2 atom stereocenters. The Hall–Kier alpha value is -0.910. The molecule has 22 heavy (non-hydrogen) atoms. The minimum atomic E-state index is -3.27. The van der Waals surface area contributed by atoms with E-state index in [2.05, 4.69) is 10.2 Å². The van der Waals surface area contributed by atoms with E-state index in [0.29, 0.717) is 0 Å². The van der Waals surface area contributed by atoms with E-state index in [1.54, 1.807) is 48.5 Å². The molecule has 130 valence electrons. The molecule has 0 aliphatic carbocycles. The summed E-state index contributed by atoms with van der Waals surface area (Å²) in [6, 6.07) is -1.51. The number of esters is 2. The van der Waals surface area contributed by atoms with Crippen LogP contribution in [0.5, 0.6) is 0 Å². The maximum absolute atomic E-state index is 13.2. The third-order valence-electron chi connectivity index (χ3n) is 2.98. The van der Waals surface area contributed by atoms with E-state index in [-0.39, 0.29) is 13.2 Å². The molecule has 0 saturated carbocycles. The molecule has 0 saturated heterocycles. The van der Waals surface area contributed by atoms with Crippen molar-refractivity contribution in [3.05, 3.63) is 0 Å². The normalized spacial score (nSPS) is 15.0. The van der Waals surface area contributed by atoms with Gasteiger partial charge in [0.1, 0.15) is 12.1 Å². The predicted octanol–water partition coefficient (Wildman–Crippen LogP) is 2.06. The van der Waals surface area contributed by atoms with Gasteiger partial charge in [-0.05, 0) is 27.7 Å². The van der Waals surface area contributed by atoms with Crippen LogP contribution in [0.3, 0.4) is 0 Å². The van der Waals surface area contributed by atoms with Crippen LogP contribution in [0.25, 0.3) is 0 Å². The predicted molar refractivity (Wildman–Crippen MR) is 85.8 cm³/mol. The second-order valence-electron chi connectivity index (χ2n) is 5.99. The van der Waals surface area contributed by atoms with Crippen LogP contribution in [0.15, 0.2) is 0 Å². The van der Waals surface area contributed by atoms with Crippen LogP contribution in [-0.2, 0) is 23.6 Å². The van der Waals surface area contributed by atoms with E-state index in [1.165, 1.54) is 0 Å². The SMILES string of the molecule is CCOC(=O)[C@@H](C)NP(=O)(N[C@H](C)C(=O)OCC)C(C)(C)C. The lowest BCUT2D eigenvalue weighted by Gasteiger charge is -2.35. The van der Waals surface area contributed by atoms with Crippen LogP contribution >= 0.6 is 7.44 Å². The second-order valence-corrected chi connectivity index (χ2v) is 9.06. The summed E-state index contributed by atoms with van der Waals surface area (Å²) < 4.78 is 23.1. The number of rotatable bonds is 8. The number of hydrogen-bond donors (Lipinski definition) is 2. The van der Waals surface area contributed by atoms with Gasteiger partial charge in [-0.3, -0.25) is 14.2 Å². The molecule has 0 aliphatic rings. The van der Waals surface area contributed by atoms with E-state index < -0.39 is 36.6 Å². The van der Waals surface area contributed by atoms with Crippen LogP contribution in [0, 0.1) is 0 Å². The van der Waals surface area contributed by atoms with Gasteiger partial charge in [0.05, 0.1) is 13.2 Å². The fourth-order valence-corrected chi connectivity index (χ4v) is 3.76. The first-order valence-electron chi connectivity index (χ1n) is 7.47. The highest BCUT2D eigenvalue weighted by molar-refractivity contribution is 7.61. The van der Waals surface area contributed by atoms with Crippen molar-refractivity contribution in [2.75, 3.05) is 13.2 Å². The third kappa shape index (κ3) is 6.07. The molecule has 2 N–H and O–H groups in total. The Bertz CT molecular complexity index is 403. The van der Waals surface area contributed by atoms with Crippen molar-refractivity contribution in [1.29, 1.82) is 0 Å². The van der Waals surface area contributed by atoms with E-state index in [4.69, 9.17) is 9.47 Å². The number of carbonyl (C=O) groups is 2. The molecule has 0 bridgehead atoms. The zero-order chi connectivity index (χ0) is 17.6. The largest absolute Gasteiger partial charge is 0.465 e. The molecule has 0 spiro atoms. The van der Waals surface area contributed by atoms with Crippen molar-refractivity contribution < 1.29 is 23.6 Å². The molecule has 0 fully saturated rings. The van der Waals surface area contributed by atoms with Crippen molar-refractivity contribution in [1.82, 2.24) is 10.2 Å². The van der Waals surface area contributed by atoms with E-state index >= 15 is 0 Å². The van der Waals surface area contributed by atoms with Crippen molar-refractivity contribution >= 4 is 19.4 Å². The molecule has 0 aromatic heterocycles. The fraction of sp³-hybridized carbons (Fsp3) is 0.857. The molecule has 0 amide bonds. The van der Waals surface area contributed by atoms with E-state index in [1.807, 2.05) is 0 Å².